The third kappa shape index (κ3) is 4.39. The van der Waals surface area contributed by atoms with E-state index in [1.165, 1.54) is 29.8 Å². The molecule has 0 aromatic carbocycles. The summed E-state index contributed by atoms with van der Waals surface area (Å²) in [4.78, 5) is 23.4. The summed E-state index contributed by atoms with van der Waals surface area (Å²) in [5.41, 5.74) is 0. The van der Waals surface area contributed by atoms with Gasteiger partial charge in [-0.3, -0.25) is 5.32 Å². The van der Waals surface area contributed by atoms with Crippen LogP contribution in [-0.2, 0) is 16.9 Å². The molecule has 30 heavy (non-hydrogen) atoms. The second-order valence-electron chi connectivity index (χ2n) is 8.23. The Morgan fingerprint density at radius 1 is 1.07 bits per heavy atom. The van der Waals surface area contributed by atoms with Gasteiger partial charge in [0, 0.05) is 31.5 Å². The fraction of sp³-hybridized carbons (Fsp3) is 0.650. The Hall–Kier alpha value is -1.94. The van der Waals surface area contributed by atoms with Crippen LogP contribution in [0.5, 0.6) is 0 Å². The number of nitrogens with zero attached hydrogens (tertiary/aromatic N) is 4. The molecule has 10 heteroatoms. The number of hydrogen-bond donors (Lipinski definition) is 1. The fourth-order valence-electron chi connectivity index (χ4n) is 4.65. The molecule has 2 saturated carbocycles. The smallest absolute Gasteiger partial charge is 0.324 e. The van der Waals surface area contributed by atoms with E-state index < -0.39 is 9.84 Å². The van der Waals surface area contributed by atoms with Gasteiger partial charge in [0.1, 0.15) is 4.21 Å². The summed E-state index contributed by atoms with van der Waals surface area (Å²) in [5, 5.41) is 3.17. The Morgan fingerprint density at radius 3 is 2.20 bits per heavy atom. The minimum Gasteiger partial charge on any atom is -0.325 e. The third-order valence-corrected chi connectivity index (χ3v) is 9.28. The van der Waals surface area contributed by atoms with Crippen molar-refractivity contribution in [1.82, 2.24) is 19.4 Å². The normalized spacial score (nSPS) is 19.0. The van der Waals surface area contributed by atoms with E-state index in [9.17, 15) is 13.2 Å². The largest absolute Gasteiger partial charge is 0.325 e. The molecule has 2 amide bonds. The molecular weight excluding hydrogens is 422 g/mol. The van der Waals surface area contributed by atoms with E-state index in [4.69, 9.17) is 0 Å². The number of rotatable bonds is 5. The summed E-state index contributed by atoms with van der Waals surface area (Å²) in [7, 11) is -2.12. The number of urea groups is 1. The van der Waals surface area contributed by atoms with E-state index in [2.05, 4.69) is 15.3 Å². The second kappa shape index (κ2) is 9.05. The predicted molar refractivity (Wildman–Crippen MR) is 115 cm³/mol. The van der Waals surface area contributed by atoms with E-state index in [-0.39, 0.29) is 27.5 Å². The van der Waals surface area contributed by atoms with Crippen LogP contribution in [0.4, 0.5) is 9.93 Å². The van der Waals surface area contributed by atoms with Crippen molar-refractivity contribution in [2.75, 3.05) is 5.32 Å². The number of aryl methyl sites for hydroxylation is 1. The Labute approximate surface area is 181 Å². The van der Waals surface area contributed by atoms with Crippen LogP contribution in [0, 0.1) is 0 Å². The van der Waals surface area contributed by atoms with Crippen LogP contribution in [0.2, 0.25) is 0 Å². The first-order chi connectivity index (χ1) is 14.5. The summed E-state index contributed by atoms with van der Waals surface area (Å²) in [5.74, 6) is 0. The van der Waals surface area contributed by atoms with Gasteiger partial charge in [-0.25, -0.2) is 23.2 Å². The molecule has 0 saturated heterocycles. The van der Waals surface area contributed by atoms with Crippen LogP contribution in [0.15, 0.2) is 28.0 Å². The lowest BCUT2D eigenvalue weighted by molar-refractivity contribution is 0.114. The van der Waals surface area contributed by atoms with Crippen molar-refractivity contribution < 1.29 is 13.2 Å². The number of carbonyl (C=O) groups is 1. The molecule has 4 rings (SSSR count). The van der Waals surface area contributed by atoms with Crippen LogP contribution >= 0.6 is 11.3 Å². The topological polar surface area (TPSA) is 97.2 Å². The molecule has 0 radical (unpaired) electrons. The van der Waals surface area contributed by atoms with E-state index in [1.807, 2.05) is 4.90 Å². The minimum atomic E-state index is -3.76. The summed E-state index contributed by atoms with van der Waals surface area (Å²) in [6, 6.07) is 0.374. The maximum atomic E-state index is 13.3. The fourth-order valence-corrected chi connectivity index (χ4v) is 7.10. The number of thiazole rings is 1. The predicted octanol–water partition coefficient (Wildman–Crippen LogP) is 4.21. The van der Waals surface area contributed by atoms with Gasteiger partial charge in [0.05, 0.1) is 6.20 Å². The first-order valence-corrected chi connectivity index (χ1v) is 13.0. The number of anilines is 1. The molecule has 2 aromatic heterocycles. The van der Waals surface area contributed by atoms with Gasteiger partial charge in [-0.2, -0.15) is 0 Å². The Bertz CT molecular complexity index is 954. The zero-order chi connectivity index (χ0) is 21.1. The lowest BCUT2D eigenvalue weighted by Gasteiger charge is -2.41. The number of aromatic nitrogens is 3. The van der Waals surface area contributed by atoms with Crippen molar-refractivity contribution in [1.29, 1.82) is 0 Å². The van der Waals surface area contributed by atoms with Crippen molar-refractivity contribution in [2.24, 2.45) is 7.05 Å². The van der Waals surface area contributed by atoms with Crippen molar-refractivity contribution in [2.45, 2.75) is 85.7 Å². The molecule has 8 nitrogen and oxygen atoms in total. The SMILES string of the molecule is Cn1ccnc1S(=O)(=O)c1cnc(NC(=O)N(C2CCCCC2)C2CCCCC2)s1. The molecule has 2 heterocycles. The molecule has 0 bridgehead atoms. The number of nitrogens with one attached hydrogen (secondary N) is 1. The van der Waals surface area contributed by atoms with Crippen molar-refractivity contribution >= 4 is 32.3 Å². The zero-order valence-corrected chi connectivity index (χ0v) is 18.9. The Balaban J connectivity index is 1.52. The lowest BCUT2D eigenvalue weighted by Crippen LogP contribution is -2.50. The molecule has 0 spiro atoms. The molecule has 0 aliphatic heterocycles. The van der Waals surface area contributed by atoms with Crippen LogP contribution < -0.4 is 5.32 Å². The Kier molecular flexibility index (Phi) is 6.43. The molecule has 2 aliphatic rings. The third-order valence-electron chi connectivity index (χ3n) is 6.15. The van der Waals surface area contributed by atoms with Gasteiger partial charge in [-0.1, -0.05) is 49.9 Å². The summed E-state index contributed by atoms with van der Waals surface area (Å²) >= 11 is 0.975. The summed E-state index contributed by atoms with van der Waals surface area (Å²) in [6.07, 6.45) is 15.6. The summed E-state index contributed by atoms with van der Waals surface area (Å²) in [6.45, 7) is 0. The highest BCUT2D eigenvalue weighted by atomic mass is 32.2. The highest BCUT2D eigenvalue weighted by Gasteiger charge is 2.33. The van der Waals surface area contributed by atoms with E-state index in [0.29, 0.717) is 5.13 Å². The monoisotopic (exact) mass is 451 g/mol. The van der Waals surface area contributed by atoms with Gasteiger partial charge < -0.3 is 9.47 Å². The first-order valence-electron chi connectivity index (χ1n) is 10.7. The highest BCUT2D eigenvalue weighted by Crippen LogP contribution is 2.32. The van der Waals surface area contributed by atoms with Gasteiger partial charge in [-0.05, 0) is 25.7 Å². The first kappa shape index (κ1) is 21.3. The van der Waals surface area contributed by atoms with Crippen LogP contribution in [-0.4, -0.2) is 46.0 Å². The van der Waals surface area contributed by atoms with Gasteiger partial charge in [-0.15, -0.1) is 0 Å². The quantitative estimate of drug-likeness (QED) is 0.734. The van der Waals surface area contributed by atoms with Gasteiger partial charge in [0.25, 0.3) is 9.84 Å². The number of carbonyl (C=O) groups excluding carboxylic acids is 1. The van der Waals surface area contributed by atoms with Gasteiger partial charge in [0.2, 0.25) is 5.16 Å². The number of sulfone groups is 1. The number of amides is 2. The Morgan fingerprint density at radius 2 is 1.67 bits per heavy atom. The molecule has 2 aromatic rings. The van der Waals surface area contributed by atoms with Crippen molar-refractivity contribution in [3.05, 3.63) is 18.6 Å². The lowest BCUT2D eigenvalue weighted by atomic mass is 9.89. The average Bonchev–Trinajstić information content (AvgIpc) is 3.39. The van der Waals surface area contributed by atoms with Gasteiger partial charge in [0.15, 0.2) is 5.13 Å². The molecule has 0 unspecified atom stereocenters. The molecular formula is C20H29N5O3S2. The maximum absolute atomic E-state index is 13.3. The number of imidazole rings is 1. The van der Waals surface area contributed by atoms with E-state index in [1.54, 1.807) is 13.2 Å². The zero-order valence-electron chi connectivity index (χ0n) is 17.3. The molecule has 1 N–H and O–H groups in total. The van der Waals surface area contributed by atoms with Crippen LogP contribution in [0.25, 0.3) is 0 Å². The van der Waals surface area contributed by atoms with Gasteiger partial charge >= 0.3 is 6.03 Å². The molecule has 0 atom stereocenters. The van der Waals surface area contributed by atoms with Crippen molar-refractivity contribution in [3.8, 4) is 0 Å². The standard InChI is InChI=1S/C20H29N5O3S2/c1-24-13-12-21-20(24)30(27,28)17-14-22-18(29-17)23-19(26)25(15-8-4-2-5-9-15)16-10-6-3-7-11-16/h12-16H,2-11H2,1H3,(H,22,23,26). The second-order valence-corrected chi connectivity index (χ2v) is 11.3. The highest BCUT2D eigenvalue weighted by molar-refractivity contribution is 7.93. The molecule has 2 fully saturated rings. The summed E-state index contributed by atoms with van der Waals surface area (Å²) < 4.78 is 27.2. The van der Waals surface area contributed by atoms with E-state index >= 15 is 0 Å². The minimum absolute atomic E-state index is 0.0323. The molecule has 2 aliphatic carbocycles. The number of hydrogen-bond acceptors (Lipinski definition) is 6. The van der Waals surface area contributed by atoms with E-state index in [0.717, 1.165) is 62.7 Å². The van der Waals surface area contributed by atoms with Crippen LogP contribution in [0.1, 0.15) is 64.2 Å². The van der Waals surface area contributed by atoms with Crippen LogP contribution in [0.3, 0.4) is 0 Å². The van der Waals surface area contributed by atoms with Crippen molar-refractivity contribution in [3.63, 3.8) is 0 Å². The average molecular weight is 452 g/mol. The molecule has 164 valence electrons. The maximum Gasteiger partial charge on any atom is 0.324 e.